The summed E-state index contributed by atoms with van der Waals surface area (Å²) in [5.74, 6) is 0. The normalized spacial score (nSPS) is 12.0. The molecule has 0 spiro atoms. The number of rotatable bonds is 3. The Bertz CT molecular complexity index is 882. The van der Waals surface area contributed by atoms with E-state index in [1.54, 1.807) is 59.7 Å². The third-order valence-corrected chi connectivity index (χ3v) is 3.92. The van der Waals surface area contributed by atoms with Crippen molar-refractivity contribution in [3.05, 3.63) is 35.9 Å². The number of imide groups is 1. The van der Waals surface area contributed by atoms with Crippen LogP contribution in [0.4, 0.5) is 21.0 Å². The fourth-order valence-corrected chi connectivity index (χ4v) is 2.90. The summed E-state index contributed by atoms with van der Waals surface area (Å²) in [5.41, 5.74) is 5.99. The molecule has 0 saturated carbocycles. The number of nitrogens with two attached hydrogens (primary N) is 1. The summed E-state index contributed by atoms with van der Waals surface area (Å²) in [4.78, 5) is 26.8. The molecule has 0 aliphatic heterocycles. The van der Waals surface area contributed by atoms with Crippen LogP contribution in [0.25, 0.3) is 10.8 Å². The molecule has 0 aromatic heterocycles. The second-order valence-electron chi connectivity index (χ2n) is 8.78. The van der Waals surface area contributed by atoms with Crippen molar-refractivity contribution in [2.75, 3.05) is 17.2 Å². The van der Waals surface area contributed by atoms with Gasteiger partial charge in [0.05, 0.1) is 5.69 Å². The second-order valence-corrected chi connectivity index (χ2v) is 8.78. The smallest absolute Gasteiger partial charge is 0.424 e. The van der Waals surface area contributed by atoms with Crippen LogP contribution in [-0.4, -0.2) is 35.1 Å². The number of benzene rings is 2. The molecule has 0 bridgehead atoms. The molecule has 2 aromatic carbocycles. The first-order valence-electron chi connectivity index (χ1n) is 9.51. The Hall–Kier alpha value is -2.80. The average Bonchev–Trinajstić information content (AvgIpc) is 2.55. The maximum atomic E-state index is 13.0. The molecule has 0 aliphatic carbocycles. The zero-order chi connectivity index (χ0) is 22.0. The highest BCUT2D eigenvalue weighted by atomic mass is 16.6. The molecule has 0 heterocycles. The molecule has 2 rings (SSSR count). The van der Waals surface area contributed by atoms with Gasteiger partial charge in [0, 0.05) is 17.7 Å². The van der Waals surface area contributed by atoms with Gasteiger partial charge >= 0.3 is 12.2 Å². The third-order valence-electron chi connectivity index (χ3n) is 3.92. The maximum absolute atomic E-state index is 13.0. The summed E-state index contributed by atoms with van der Waals surface area (Å²) in [6.45, 7) is 10.2. The lowest BCUT2D eigenvalue weighted by atomic mass is 9.98. The van der Waals surface area contributed by atoms with Crippen molar-refractivity contribution >= 4 is 34.3 Å². The summed E-state index contributed by atoms with van der Waals surface area (Å²) < 4.78 is 10.9. The van der Waals surface area contributed by atoms with E-state index >= 15 is 0 Å². The SMILES string of the molecule is CC(C)(C)OC(=O)N(C(=O)OC(C)(C)C)c1cc(N)c(CCO)c2ccccc12. The van der Waals surface area contributed by atoms with Gasteiger partial charge in [-0.3, -0.25) is 0 Å². The van der Waals surface area contributed by atoms with Gasteiger partial charge in [-0.05, 0) is 65.0 Å². The van der Waals surface area contributed by atoms with E-state index in [-0.39, 0.29) is 12.3 Å². The number of aliphatic hydroxyl groups is 1. The van der Waals surface area contributed by atoms with Gasteiger partial charge in [-0.1, -0.05) is 24.3 Å². The average molecular weight is 402 g/mol. The fraction of sp³-hybridized carbons (Fsp3) is 0.455. The van der Waals surface area contributed by atoms with Gasteiger partial charge < -0.3 is 20.3 Å². The van der Waals surface area contributed by atoms with E-state index in [2.05, 4.69) is 0 Å². The Labute approximate surface area is 171 Å². The summed E-state index contributed by atoms with van der Waals surface area (Å²) in [6, 6.07) is 8.79. The van der Waals surface area contributed by atoms with E-state index in [0.29, 0.717) is 17.5 Å². The largest absolute Gasteiger partial charge is 0.443 e. The van der Waals surface area contributed by atoms with Crippen LogP contribution in [0.15, 0.2) is 30.3 Å². The van der Waals surface area contributed by atoms with Crippen LogP contribution in [0.2, 0.25) is 0 Å². The van der Waals surface area contributed by atoms with Crippen LogP contribution in [-0.2, 0) is 15.9 Å². The van der Waals surface area contributed by atoms with Crippen molar-refractivity contribution in [2.45, 2.75) is 59.2 Å². The maximum Gasteiger partial charge on any atom is 0.424 e. The number of nitrogens with zero attached hydrogens (tertiary/aromatic N) is 1. The molecule has 0 aliphatic rings. The highest BCUT2D eigenvalue weighted by molar-refractivity contribution is 6.16. The van der Waals surface area contributed by atoms with Gasteiger partial charge in [-0.15, -0.1) is 0 Å². The van der Waals surface area contributed by atoms with Crippen molar-refractivity contribution in [1.29, 1.82) is 0 Å². The lowest BCUT2D eigenvalue weighted by molar-refractivity contribution is 0.0431. The number of nitrogen functional groups attached to an aromatic ring is 1. The Balaban J connectivity index is 2.70. The van der Waals surface area contributed by atoms with E-state index in [0.717, 1.165) is 15.8 Å². The van der Waals surface area contributed by atoms with Crippen LogP contribution >= 0.6 is 0 Å². The Kier molecular flexibility index (Phi) is 6.43. The zero-order valence-corrected chi connectivity index (χ0v) is 17.9. The number of hydrogen-bond acceptors (Lipinski definition) is 6. The van der Waals surface area contributed by atoms with E-state index in [9.17, 15) is 14.7 Å². The number of ether oxygens (including phenoxy) is 2. The first-order chi connectivity index (χ1) is 13.3. The monoisotopic (exact) mass is 402 g/mol. The molecule has 0 radical (unpaired) electrons. The van der Waals surface area contributed by atoms with Crippen LogP contribution in [0.3, 0.4) is 0 Å². The lowest BCUT2D eigenvalue weighted by Gasteiger charge is -2.29. The van der Waals surface area contributed by atoms with Gasteiger partial charge in [0.15, 0.2) is 0 Å². The minimum Gasteiger partial charge on any atom is -0.443 e. The first-order valence-corrected chi connectivity index (χ1v) is 9.51. The fourth-order valence-electron chi connectivity index (χ4n) is 2.90. The molecule has 2 amide bonds. The quantitative estimate of drug-likeness (QED) is 0.726. The minimum atomic E-state index is -0.855. The van der Waals surface area contributed by atoms with Crippen molar-refractivity contribution in [3.63, 3.8) is 0 Å². The standard InChI is InChI=1S/C22H30N2O5/c1-21(2,3)28-19(26)24(20(27)29-22(4,5)6)18-13-17(23)15(11-12-25)14-9-7-8-10-16(14)18/h7-10,13,25H,11-12,23H2,1-6H3. The number of aliphatic hydroxyl groups excluding tert-OH is 1. The summed E-state index contributed by atoms with van der Waals surface area (Å²) in [6.07, 6.45) is -1.36. The number of carbonyl (C=O) groups excluding carboxylic acids is 2. The number of hydrogen-bond donors (Lipinski definition) is 2. The van der Waals surface area contributed by atoms with Gasteiger partial charge in [0.1, 0.15) is 11.2 Å². The van der Waals surface area contributed by atoms with Crippen molar-refractivity contribution in [3.8, 4) is 0 Å². The summed E-state index contributed by atoms with van der Waals surface area (Å²) >= 11 is 0. The van der Waals surface area contributed by atoms with Gasteiger partial charge in [0.2, 0.25) is 0 Å². The number of carbonyl (C=O) groups is 2. The molecule has 0 atom stereocenters. The molecule has 2 aromatic rings. The molecule has 7 heteroatoms. The van der Waals surface area contributed by atoms with E-state index in [4.69, 9.17) is 15.2 Å². The molecular formula is C22H30N2O5. The van der Waals surface area contributed by atoms with Crippen LogP contribution in [0.5, 0.6) is 0 Å². The Morgan fingerprint density at radius 1 is 0.966 bits per heavy atom. The number of anilines is 2. The zero-order valence-electron chi connectivity index (χ0n) is 17.9. The molecule has 29 heavy (non-hydrogen) atoms. The van der Waals surface area contributed by atoms with Crippen LogP contribution < -0.4 is 10.6 Å². The van der Waals surface area contributed by atoms with Crippen molar-refractivity contribution in [1.82, 2.24) is 0 Å². The highest BCUT2D eigenvalue weighted by Crippen LogP contribution is 2.35. The highest BCUT2D eigenvalue weighted by Gasteiger charge is 2.34. The lowest BCUT2D eigenvalue weighted by Crippen LogP contribution is -2.44. The van der Waals surface area contributed by atoms with Gasteiger partial charge in [-0.25, -0.2) is 9.59 Å². The first kappa shape index (κ1) is 22.5. The van der Waals surface area contributed by atoms with Crippen LogP contribution in [0.1, 0.15) is 47.1 Å². The van der Waals surface area contributed by atoms with Crippen LogP contribution in [0, 0.1) is 0 Å². The predicted molar refractivity (Wildman–Crippen MR) is 114 cm³/mol. The second kappa shape index (κ2) is 8.29. The summed E-state index contributed by atoms with van der Waals surface area (Å²) in [7, 11) is 0. The third kappa shape index (κ3) is 5.60. The molecule has 7 nitrogen and oxygen atoms in total. The van der Waals surface area contributed by atoms with Gasteiger partial charge in [-0.2, -0.15) is 4.90 Å². The number of amides is 2. The van der Waals surface area contributed by atoms with Gasteiger partial charge in [0.25, 0.3) is 0 Å². The molecule has 158 valence electrons. The topological polar surface area (TPSA) is 102 Å². The van der Waals surface area contributed by atoms with E-state index in [1.165, 1.54) is 0 Å². The molecular weight excluding hydrogens is 372 g/mol. The van der Waals surface area contributed by atoms with Crippen molar-refractivity contribution < 1.29 is 24.2 Å². The molecule has 0 saturated heterocycles. The summed E-state index contributed by atoms with van der Waals surface area (Å²) in [5, 5.41) is 10.8. The van der Waals surface area contributed by atoms with E-state index in [1.807, 2.05) is 12.1 Å². The molecule has 3 N–H and O–H groups in total. The number of fused-ring (bicyclic) bond motifs is 1. The van der Waals surface area contributed by atoms with Crippen molar-refractivity contribution in [2.24, 2.45) is 0 Å². The molecule has 0 unspecified atom stereocenters. The minimum absolute atomic E-state index is 0.0740. The molecule has 0 fully saturated rings. The Morgan fingerprint density at radius 2 is 1.45 bits per heavy atom. The predicted octanol–water partition coefficient (Wildman–Crippen LogP) is 4.63. The Morgan fingerprint density at radius 3 is 1.90 bits per heavy atom. The van der Waals surface area contributed by atoms with E-state index < -0.39 is 23.4 Å².